The van der Waals surface area contributed by atoms with E-state index < -0.39 is 6.09 Å². The van der Waals surface area contributed by atoms with Crippen molar-refractivity contribution in [2.45, 2.75) is 0 Å². The molecule has 0 radical (unpaired) electrons. The Morgan fingerprint density at radius 3 is 2.79 bits per heavy atom. The number of amides is 2. The lowest BCUT2D eigenvalue weighted by Gasteiger charge is -2.04. The van der Waals surface area contributed by atoms with Crippen LogP contribution >= 0.6 is 0 Å². The molecule has 2 amide bonds. The quantitative estimate of drug-likeness (QED) is 0.767. The molecule has 8 heteroatoms. The van der Waals surface area contributed by atoms with Gasteiger partial charge in [0.25, 0.3) is 5.91 Å². The Bertz CT molecular complexity index is 919. The molecule has 1 aromatic carbocycles. The Kier molecular flexibility index (Phi) is 4.11. The summed E-state index contributed by atoms with van der Waals surface area (Å²) in [6.07, 6.45) is 2.65. The lowest BCUT2D eigenvalue weighted by Crippen LogP contribution is -2.17. The SMILES string of the molecule is CNC(=O)c1cccc(-c2cnn3cc(NC(=O)OC)nc3c2)c1. The summed E-state index contributed by atoms with van der Waals surface area (Å²) in [5.41, 5.74) is 2.77. The van der Waals surface area contributed by atoms with Gasteiger partial charge >= 0.3 is 6.09 Å². The number of benzene rings is 1. The first-order chi connectivity index (χ1) is 11.6. The van der Waals surface area contributed by atoms with Crippen LogP contribution in [-0.2, 0) is 4.74 Å². The molecule has 24 heavy (non-hydrogen) atoms. The molecular weight excluding hydrogens is 310 g/mol. The van der Waals surface area contributed by atoms with E-state index in [0.717, 1.165) is 11.1 Å². The fraction of sp³-hybridized carbons (Fsp3) is 0.125. The van der Waals surface area contributed by atoms with Crippen molar-refractivity contribution < 1.29 is 14.3 Å². The maximum absolute atomic E-state index is 11.7. The zero-order chi connectivity index (χ0) is 17.1. The molecule has 2 heterocycles. The first kappa shape index (κ1) is 15.5. The molecule has 3 aromatic rings. The van der Waals surface area contributed by atoms with Crippen molar-refractivity contribution in [1.82, 2.24) is 19.9 Å². The van der Waals surface area contributed by atoms with Crippen molar-refractivity contribution in [3.63, 3.8) is 0 Å². The van der Waals surface area contributed by atoms with E-state index in [1.807, 2.05) is 12.1 Å². The Balaban J connectivity index is 1.96. The maximum atomic E-state index is 11.7. The fourth-order valence-corrected chi connectivity index (χ4v) is 2.24. The average molecular weight is 325 g/mol. The second-order valence-corrected chi connectivity index (χ2v) is 4.95. The second-order valence-electron chi connectivity index (χ2n) is 4.95. The van der Waals surface area contributed by atoms with Crippen LogP contribution < -0.4 is 10.6 Å². The number of methoxy groups -OCH3 is 1. The Morgan fingerprint density at radius 2 is 2.04 bits per heavy atom. The molecule has 0 aliphatic rings. The lowest BCUT2D eigenvalue weighted by molar-refractivity contribution is 0.0963. The Morgan fingerprint density at radius 1 is 1.21 bits per heavy atom. The van der Waals surface area contributed by atoms with Gasteiger partial charge in [0.2, 0.25) is 0 Å². The highest BCUT2D eigenvalue weighted by Gasteiger charge is 2.09. The fourth-order valence-electron chi connectivity index (χ4n) is 2.24. The normalized spacial score (nSPS) is 10.4. The number of rotatable bonds is 3. The van der Waals surface area contributed by atoms with Crippen LogP contribution in [0.25, 0.3) is 16.8 Å². The van der Waals surface area contributed by atoms with Crippen LogP contribution in [0.15, 0.2) is 42.7 Å². The van der Waals surface area contributed by atoms with E-state index in [4.69, 9.17) is 0 Å². The molecule has 0 fully saturated rings. The van der Waals surface area contributed by atoms with Gasteiger partial charge in [0.15, 0.2) is 11.5 Å². The van der Waals surface area contributed by atoms with Gasteiger partial charge in [-0.3, -0.25) is 10.1 Å². The molecule has 2 aromatic heterocycles. The highest BCUT2D eigenvalue weighted by molar-refractivity contribution is 5.95. The highest BCUT2D eigenvalue weighted by Crippen LogP contribution is 2.21. The molecule has 0 saturated heterocycles. The van der Waals surface area contributed by atoms with Crippen LogP contribution in [0.2, 0.25) is 0 Å². The predicted molar refractivity (Wildman–Crippen MR) is 87.8 cm³/mol. The summed E-state index contributed by atoms with van der Waals surface area (Å²) in [5, 5.41) is 9.35. The van der Waals surface area contributed by atoms with Gasteiger partial charge in [0.05, 0.1) is 19.5 Å². The minimum atomic E-state index is -0.600. The zero-order valence-corrected chi connectivity index (χ0v) is 13.1. The van der Waals surface area contributed by atoms with Crippen molar-refractivity contribution in [3.05, 3.63) is 48.3 Å². The number of ether oxygens (including phenoxy) is 1. The van der Waals surface area contributed by atoms with Crippen molar-refractivity contribution >= 4 is 23.5 Å². The van der Waals surface area contributed by atoms with E-state index in [-0.39, 0.29) is 5.91 Å². The van der Waals surface area contributed by atoms with E-state index in [1.54, 1.807) is 37.6 Å². The maximum Gasteiger partial charge on any atom is 0.412 e. The van der Waals surface area contributed by atoms with Gasteiger partial charge in [-0.1, -0.05) is 12.1 Å². The van der Waals surface area contributed by atoms with E-state index in [9.17, 15) is 9.59 Å². The highest BCUT2D eigenvalue weighted by atomic mass is 16.5. The molecule has 0 atom stereocenters. The first-order valence-corrected chi connectivity index (χ1v) is 7.13. The molecule has 0 aliphatic carbocycles. The number of aromatic nitrogens is 3. The van der Waals surface area contributed by atoms with E-state index in [2.05, 4.69) is 25.5 Å². The summed E-state index contributed by atoms with van der Waals surface area (Å²) in [6.45, 7) is 0. The number of fused-ring (bicyclic) bond motifs is 1. The summed E-state index contributed by atoms with van der Waals surface area (Å²) < 4.78 is 6.07. The third-order valence-electron chi connectivity index (χ3n) is 3.42. The third-order valence-corrected chi connectivity index (χ3v) is 3.42. The molecule has 0 bridgehead atoms. The van der Waals surface area contributed by atoms with Crippen molar-refractivity contribution in [2.75, 3.05) is 19.5 Å². The van der Waals surface area contributed by atoms with Crippen molar-refractivity contribution in [3.8, 4) is 11.1 Å². The molecule has 3 rings (SSSR count). The van der Waals surface area contributed by atoms with Crippen LogP contribution in [-0.4, -0.2) is 40.8 Å². The number of hydrogen-bond donors (Lipinski definition) is 2. The molecule has 0 spiro atoms. The molecule has 0 unspecified atom stereocenters. The molecule has 0 aliphatic heterocycles. The van der Waals surface area contributed by atoms with Gasteiger partial charge in [-0.15, -0.1) is 0 Å². The van der Waals surface area contributed by atoms with E-state index >= 15 is 0 Å². The molecule has 122 valence electrons. The van der Waals surface area contributed by atoms with E-state index in [0.29, 0.717) is 17.0 Å². The smallest absolute Gasteiger partial charge is 0.412 e. The minimum Gasteiger partial charge on any atom is -0.453 e. The predicted octanol–water partition coefficient (Wildman–Crippen LogP) is 1.93. The number of nitrogens with one attached hydrogen (secondary N) is 2. The first-order valence-electron chi connectivity index (χ1n) is 7.13. The number of carbonyl (C=O) groups excluding carboxylic acids is 2. The second kappa shape index (κ2) is 6.37. The van der Waals surface area contributed by atoms with Gasteiger partial charge in [-0.25, -0.2) is 14.3 Å². The van der Waals surface area contributed by atoms with Crippen LogP contribution in [0, 0.1) is 0 Å². The topological polar surface area (TPSA) is 97.6 Å². The van der Waals surface area contributed by atoms with Crippen molar-refractivity contribution in [2.24, 2.45) is 0 Å². The summed E-state index contributed by atoms with van der Waals surface area (Å²) >= 11 is 0. The largest absolute Gasteiger partial charge is 0.453 e. The summed E-state index contributed by atoms with van der Waals surface area (Å²) in [4.78, 5) is 27.3. The molecular formula is C16H15N5O3. The van der Waals surface area contributed by atoms with E-state index in [1.165, 1.54) is 11.6 Å². The number of carbonyl (C=O) groups is 2. The van der Waals surface area contributed by atoms with Gasteiger partial charge < -0.3 is 10.1 Å². The monoisotopic (exact) mass is 325 g/mol. The Hall–Kier alpha value is -3.42. The van der Waals surface area contributed by atoms with Gasteiger partial charge in [-0.05, 0) is 23.8 Å². The zero-order valence-electron chi connectivity index (χ0n) is 13.1. The molecule has 8 nitrogen and oxygen atoms in total. The minimum absolute atomic E-state index is 0.156. The standard InChI is InChI=1S/C16H15N5O3/c1-17-15(22)11-5-3-4-10(6-11)12-7-14-19-13(20-16(23)24-2)9-21(14)18-8-12/h3-9H,1-2H3,(H,17,22)(H,20,23). The third kappa shape index (κ3) is 3.02. The number of imidazole rings is 1. The van der Waals surface area contributed by atoms with Crippen LogP contribution in [0.4, 0.5) is 10.6 Å². The summed E-state index contributed by atoms with van der Waals surface area (Å²) in [6, 6.07) is 9.03. The number of anilines is 1. The number of hydrogen-bond acceptors (Lipinski definition) is 5. The molecule has 2 N–H and O–H groups in total. The van der Waals surface area contributed by atoms with Crippen LogP contribution in [0.3, 0.4) is 0 Å². The van der Waals surface area contributed by atoms with Crippen LogP contribution in [0.1, 0.15) is 10.4 Å². The lowest BCUT2D eigenvalue weighted by atomic mass is 10.0. The summed E-state index contributed by atoms with van der Waals surface area (Å²) in [7, 11) is 2.86. The van der Waals surface area contributed by atoms with Crippen molar-refractivity contribution in [1.29, 1.82) is 0 Å². The number of nitrogens with zero attached hydrogens (tertiary/aromatic N) is 3. The average Bonchev–Trinajstić information content (AvgIpc) is 3.02. The van der Waals surface area contributed by atoms with Gasteiger partial charge in [0.1, 0.15) is 0 Å². The Labute approximate surface area is 137 Å². The van der Waals surface area contributed by atoms with Gasteiger partial charge in [0, 0.05) is 18.2 Å². The summed E-state index contributed by atoms with van der Waals surface area (Å²) in [5.74, 6) is 0.182. The molecule has 0 saturated carbocycles. The van der Waals surface area contributed by atoms with Gasteiger partial charge in [-0.2, -0.15) is 5.10 Å². The van der Waals surface area contributed by atoms with Crippen LogP contribution in [0.5, 0.6) is 0 Å².